The van der Waals surface area contributed by atoms with Crippen LogP contribution in [0.2, 0.25) is 17.6 Å². The van der Waals surface area contributed by atoms with E-state index in [9.17, 15) is 9.90 Å². The zero-order valence-corrected chi connectivity index (χ0v) is 14.8. The van der Waals surface area contributed by atoms with Gasteiger partial charge in [-0.3, -0.25) is 4.79 Å². The monoisotopic (exact) mass is 307 g/mol. The third kappa shape index (κ3) is 6.34. The molecule has 0 fully saturated rings. The van der Waals surface area contributed by atoms with Crippen molar-refractivity contribution in [2.24, 2.45) is 0 Å². The van der Waals surface area contributed by atoms with Crippen LogP contribution in [-0.4, -0.2) is 26.3 Å². The van der Waals surface area contributed by atoms with Gasteiger partial charge in [0.1, 0.15) is 17.3 Å². The number of Topliss-reactive ketones (excluding diaryl/α,β-unsaturated/α-hetero) is 1. The maximum atomic E-state index is 10.9. The number of hydrogen-bond acceptors (Lipinski definition) is 3. The van der Waals surface area contributed by atoms with Crippen LogP contribution >= 0.6 is 0 Å². The molecule has 0 radical (unpaired) electrons. The number of ketones is 1. The number of ether oxygens (including phenoxy) is 1. The highest BCUT2D eigenvalue weighted by molar-refractivity contribution is 6.60. The lowest BCUT2D eigenvalue weighted by atomic mass is 10.1. The highest BCUT2D eigenvalue weighted by atomic mass is 28.3. The molecule has 0 bridgehead atoms. The van der Waals surface area contributed by atoms with Crippen LogP contribution in [0.5, 0.6) is 11.5 Å². The quantitative estimate of drug-likeness (QED) is 0.767. The molecule has 0 aliphatic carbocycles. The van der Waals surface area contributed by atoms with Crippen molar-refractivity contribution in [3.05, 3.63) is 23.8 Å². The Labute approximate surface area is 129 Å². The molecule has 0 atom stereocenters. The second-order valence-corrected chi connectivity index (χ2v) is 10.2. The molecular weight excluding hydrogens is 280 g/mol. The van der Waals surface area contributed by atoms with Crippen LogP contribution in [0.4, 0.5) is 0 Å². The molecule has 0 heterocycles. The molecule has 1 aromatic carbocycles. The van der Waals surface area contributed by atoms with E-state index in [0.717, 1.165) is 23.8 Å². The summed E-state index contributed by atoms with van der Waals surface area (Å²) in [5, 5.41) is 10.3. The fourth-order valence-corrected chi connectivity index (χ4v) is 3.26. The first-order valence-electron chi connectivity index (χ1n) is 7.47. The van der Waals surface area contributed by atoms with Crippen molar-refractivity contribution in [3.63, 3.8) is 0 Å². The minimum absolute atomic E-state index is 0.123. The van der Waals surface area contributed by atoms with Gasteiger partial charge in [0.25, 0.3) is 0 Å². The molecule has 0 aliphatic heterocycles. The molecule has 1 rings (SSSR count). The number of phenolic OH excluding ortho intramolecular Hbond substituents is 1. The summed E-state index contributed by atoms with van der Waals surface area (Å²) >= 11 is 0. The van der Waals surface area contributed by atoms with Gasteiger partial charge in [0.15, 0.2) is 0 Å². The molecule has 21 heavy (non-hydrogen) atoms. The second-order valence-electron chi connectivity index (χ2n) is 6.62. The molecule has 0 aliphatic rings. The number of hydrogen-bond donors (Lipinski definition) is 1. The van der Waals surface area contributed by atoms with Gasteiger partial charge in [-0.25, -0.2) is 0 Å². The van der Waals surface area contributed by atoms with Crippen molar-refractivity contribution in [1.29, 1.82) is 0 Å². The largest absolute Gasteiger partial charge is 0.508 e. The predicted octanol–water partition coefficient (Wildman–Crippen LogP) is 4.22. The summed E-state index contributed by atoms with van der Waals surface area (Å²) in [6.07, 6.45) is 1.29. The van der Waals surface area contributed by atoms with Crippen molar-refractivity contribution in [2.45, 2.75) is 58.2 Å². The van der Waals surface area contributed by atoms with Gasteiger partial charge in [0.2, 0.25) is 0 Å². The van der Waals surface area contributed by atoms with Crippen LogP contribution in [0.3, 0.4) is 0 Å². The summed E-state index contributed by atoms with van der Waals surface area (Å²) in [6.45, 7) is 11.1. The Bertz CT molecular complexity index is 477. The molecule has 0 aromatic heterocycles. The van der Waals surface area contributed by atoms with Crippen LogP contribution < -0.4 is 4.74 Å². The average molecular weight is 307 g/mol. The summed E-state index contributed by atoms with van der Waals surface area (Å²) in [7, 11) is -0.456. The van der Waals surface area contributed by atoms with E-state index in [1.54, 1.807) is 19.1 Å². The number of phenols is 1. The lowest BCUT2D eigenvalue weighted by Gasteiger charge is -2.14. The molecule has 0 spiro atoms. The molecule has 3 nitrogen and oxygen atoms in total. The average Bonchev–Trinajstić information content (AvgIpc) is 2.37. The first-order valence-corrected chi connectivity index (χ1v) is 9.68. The standard InChI is InChI=1S/C17H26O3Si/c1-13(18)8-10-20-15-6-7-16(19)14(12-15)9-11-21(5)17(2,3)4/h6-7,12H,8-11H2,1-5H3/p+1. The van der Waals surface area contributed by atoms with Crippen LogP contribution in [0.15, 0.2) is 18.2 Å². The molecule has 1 aromatic rings. The number of carbonyl (C=O) groups is 1. The van der Waals surface area contributed by atoms with Crippen LogP contribution in [0.25, 0.3) is 0 Å². The lowest BCUT2D eigenvalue weighted by molar-refractivity contribution is -0.117. The first kappa shape index (κ1) is 17.8. The third-order valence-electron chi connectivity index (χ3n) is 3.82. The number of aromatic hydroxyl groups is 1. The zero-order valence-electron chi connectivity index (χ0n) is 13.8. The summed E-state index contributed by atoms with van der Waals surface area (Å²) in [5.41, 5.74) is 0.934. The number of rotatable bonds is 7. The fraction of sp³-hybridized carbons (Fsp3) is 0.588. The minimum atomic E-state index is -0.456. The summed E-state index contributed by atoms with van der Waals surface area (Å²) in [6, 6.07) is 6.45. The Morgan fingerprint density at radius 2 is 2.00 bits per heavy atom. The first-order chi connectivity index (χ1) is 9.70. The van der Waals surface area contributed by atoms with Gasteiger partial charge in [0, 0.05) is 18.4 Å². The van der Waals surface area contributed by atoms with Gasteiger partial charge in [-0.15, -0.1) is 0 Å². The minimum Gasteiger partial charge on any atom is -0.508 e. The van der Waals surface area contributed by atoms with E-state index in [-0.39, 0.29) is 5.78 Å². The molecular formula is C17H27O3Si+. The van der Waals surface area contributed by atoms with Crippen LogP contribution in [-0.2, 0) is 11.2 Å². The Morgan fingerprint density at radius 3 is 2.57 bits per heavy atom. The van der Waals surface area contributed by atoms with E-state index < -0.39 is 8.80 Å². The number of benzene rings is 1. The maximum absolute atomic E-state index is 10.9. The van der Waals surface area contributed by atoms with E-state index in [1.165, 1.54) is 0 Å². The van der Waals surface area contributed by atoms with Crippen LogP contribution in [0, 0.1) is 0 Å². The summed E-state index contributed by atoms with van der Waals surface area (Å²) in [4.78, 5) is 10.9. The topological polar surface area (TPSA) is 46.5 Å². The van der Waals surface area contributed by atoms with Crippen molar-refractivity contribution in [2.75, 3.05) is 6.61 Å². The SMILES string of the molecule is CC(=O)CCOc1ccc(O)c(CC[Si+](C)C(C)(C)C)c1. The Kier molecular flexibility index (Phi) is 6.46. The third-order valence-corrected chi connectivity index (χ3v) is 7.38. The van der Waals surface area contributed by atoms with E-state index in [0.29, 0.717) is 23.8 Å². The number of aryl methyl sites for hydroxylation is 1. The van der Waals surface area contributed by atoms with E-state index in [2.05, 4.69) is 27.3 Å². The molecule has 0 saturated heterocycles. The Morgan fingerprint density at radius 1 is 1.33 bits per heavy atom. The normalized spacial score (nSPS) is 11.3. The summed E-state index contributed by atoms with van der Waals surface area (Å²) in [5.74, 6) is 1.18. The summed E-state index contributed by atoms with van der Waals surface area (Å²) < 4.78 is 5.56. The van der Waals surface area contributed by atoms with E-state index >= 15 is 0 Å². The maximum Gasteiger partial charge on any atom is 0.317 e. The highest BCUT2D eigenvalue weighted by Crippen LogP contribution is 2.31. The van der Waals surface area contributed by atoms with Crippen molar-refractivity contribution in [3.8, 4) is 11.5 Å². The van der Waals surface area contributed by atoms with Crippen molar-refractivity contribution >= 4 is 14.6 Å². The Hall–Kier alpha value is -1.29. The smallest absolute Gasteiger partial charge is 0.317 e. The lowest BCUT2D eigenvalue weighted by Crippen LogP contribution is -2.21. The van der Waals surface area contributed by atoms with Gasteiger partial charge in [-0.05, 0) is 45.9 Å². The van der Waals surface area contributed by atoms with E-state index in [1.807, 2.05) is 6.07 Å². The van der Waals surface area contributed by atoms with Crippen molar-refractivity contribution in [1.82, 2.24) is 0 Å². The van der Waals surface area contributed by atoms with E-state index in [4.69, 9.17) is 4.74 Å². The van der Waals surface area contributed by atoms with Gasteiger partial charge < -0.3 is 9.84 Å². The molecule has 0 amide bonds. The predicted molar refractivity (Wildman–Crippen MR) is 88.7 cm³/mol. The van der Waals surface area contributed by atoms with Gasteiger partial charge >= 0.3 is 8.80 Å². The van der Waals surface area contributed by atoms with Crippen LogP contribution in [0.1, 0.15) is 39.7 Å². The van der Waals surface area contributed by atoms with Gasteiger partial charge in [-0.2, -0.15) is 0 Å². The van der Waals surface area contributed by atoms with Crippen molar-refractivity contribution < 1.29 is 14.6 Å². The highest BCUT2D eigenvalue weighted by Gasteiger charge is 2.35. The fourth-order valence-electron chi connectivity index (χ4n) is 1.86. The van der Waals surface area contributed by atoms with Gasteiger partial charge in [0.05, 0.1) is 24.2 Å². The molecule has 116 valence electrons. The Balaban J connectivity index is 2.63. The second kappa shape index (κ2) is 7.64. The van der Waals surface area contributed by atoms with Gasteiger partial charge in [-0.1, -0.05) is 0 Å². The molecule has 1 N–H and O–H groups in total. The molecule has 4 heteroatoms. The molecule has 0 saturated carbocycles. The zero-order chi connectivity index (χ0) is 16.0. The number of carbonyl (C=O) groups excluding carboxylic acids is 1. The molecule has 0 unspecified atom stereocenters.